The van der Waals surface area contributed by atoms with E-state index < -0.39 is 0 Å². The number of amides is 2. The normalized spacial score (nSPS) is 11.6. The lowest BCUT2D eigenvalue weighted by Gasteiger charge is -2.15. The Balaban J connectivity index is 1.94. The van der Waals surface area contributed by atoms with Crippen LogP contribution in [-0.2, 0) is 4.74 Å². The lowest BCUT2D eigenvalue weighted by Crippen LogP contribution is -2.31. The number of nitrogens with zero attached hydrogens (tertiary/aromatic N) is 1. The van der Waals surface area contributed by atoms with Gasteiger partial charge in [-0.1, -0.05) is 30.3 Å². The third kappa shape index (κ3) is 5.56. The van der Waals surface area contributed by atoms with Crippen molar-refractivity contribution in [3.8, 4) is 0 Å². The Kier molecular flexibility index (Phi) is 7.11. The van der Waals surface area contributed by atoms with Crippen molar-refractivity contribution in [3.05, 3.63) is 53.7 Å². The Morgan fingerprint density at radius 2 is 2.08 bits per heavy atom. The number of nitrogens with two attached hydrogens (primary N) is 1. The van der Waals surface area contributed by atoms with Gasteiger partial charge in [0.1, 0.15) is 5.82 Å². The number of benzene rings is 1. The zero-order valence-electron chi connectivity index (χ0n) is 15.1. The summed E-state index contributed by atoms with van der Waals surface area (Å²) in [7, 11) is 1.63. The molecule has 1 aromatic carbocycles. The van der Waals surface area contributed by atoms with E-state index in [-0.39, 0.29) is 12.1 Å². The maximum Gasteiger partial charge on any atom is 0.320 e. The number of aromatic nitrogens is 1. The standard InChI is InChI=1S/C19H25N5O2/c1-13(14-7-4-3-5-8-14)23-19(25)24-18-11-17(21)15(12-22-18)16(20)9-6-10-26-2/h3-5,7-8,11-13,20H,6,9-10H2,1-2H3,(H4,21,22,23,24,25)/t13-/m1/s1. The van der Waals surface area contributed by atoms with Crippen LogP contribution in [0.1, 0.15) is 36.9 Å². The Morgan fingerprint density at radius 3 is 2.73 bits per heavy atom. The van der Waals surface area contributed by atoms with E-state index in [0.29, 0.717) is 35.8 Å². The molecule has 138 valence electrons. The van der Waals surface area contributed by atoms with Crippen molar-refractivity contribution in [3.63, 3.8) is 0 Å². The molecular weight excluding hydrogens is 330 g/mol. The zero-order valence-corrected chi connectivity index (χ0v) is 15.1. The van der Waals surface area contributed by atoms with Crippen LogP contribution in [-0.4, -0.2) is 30.4 Å². The van der Waals surface area contributed by atoms with Crippen LogP contribution < -0.4 is 16.4 Å². The number of methoxy groups -OCH3 is 1. The molecule has 2 rings (SSSR count). The molecule has 0 fully saturated rings. The lowest BCUT2D eigenvalue weighted by atomic mass is 10.1. The molecule has 1 heterocycles. The zero-order chi connectivity index (χ0) is 18.9. The van der Waals surface area contributed by atoms with E-state index in [9.17, 15) is 4.79 Å². The van der Waals surface area contributed by atoms with E-state index in [4.69, 9.17) is 15.9 Å². The summed E-state index contributed by atoms with van der Waals surface area (Å²) in [4.78, 5) is 16.3. The van der Waals surface area contributed by atoms with Crippen LogP contribution >= 0.6 is 0 Å². The number of urea groups is 1. The number of hydrogen-bond donors (Lipinski definition) is 4. The first-order valence-electron chi connectivity index (χ1n) is 8.46. The second kappa shape index (κ2) is 9.53. The summed E-state index contributed by atoms with van der Waals surface area (Å²) in [6.07, 6.45) is 2.82. The molecule has 7 nitrogen and oxygen atoms in total. The third-order valence-corrected chi connectivity index (χ3v) is 3.93. The van der Waals surface area contributed by atoms with E-state index in [1.54, 1.807) is 13.2 Å². The Hall–Kier alpha value is -2.93. The van der Waals surface area contributed by atoms with Crippen molar-refractivity contribution in [2.45, 2.75) is 25.8 Å². The molecule has 2 aromatic rings. The number of pyridine rings is 1. The second-order valence-corrected chi connectivity index (χ2v) is 5.96. The van der Waals surface area contributed by atoms with E-state index in [2.05, 4.69) is 15.6 Å². The SMILES string of the molecule is COCCCC(=N)c1cnc(NC(=O)N[C@H](C)c2ccccc2)cc1N. The highest BCUT2D eigenvalue weighted by Crippen LogP contribution is 2.18. The van der Waals surface area contributed by atoms with Gasteiger partial charge in [-0.05, 0) is 25.3 Å². The summed E-state index contributed by atoms with van der Waals surface area (Å²) in [6, 6.07) is 10.7. The summed E-state index contributed by atoms with van der Waals surface area (Å²) in [5, 5.41) is 13.6. The molecule has 26 heavy (non-hydrogen) atoms. The van der Waals surface area contributed by atoms with Gasteiger partial charge in [-0.3, -0.25) is 5.32 Å². The number of carbonyl (C=O) groups is 1. The number of nitrogens with one attached hydrogen (secondary N) is 3. The number of anilines is 2. The van der Waals surface area contributed by atoms with Crippen molar-refractivity contribution in [1.82, 2.24) is 10.3 Å². The average Bonchev–Trinajstić information content (AvgIpc) is 2.62. The molecule has 0 saturated heterocycles. The Morgan fingerprint density at radius 1 is 1.35 bits per heavy atom. The first-order chi connectivity index (χ1) is 12.5. The highest BCUT2D eigenvalue weighted by atomic mass is 16.5. The minimum absolute atomic E-state index is 0.137. The van der Waals surface area contributed by atoms with E-state index in [1.165, 1.54) is 6.20 Å². The molecule has 0 aliphatic heterocycles. The van der Waals surface area contributed by atoms with Crippen LogP contribution in [0.25, 0.3) is 0 Å². The molecule has 5 N–H and O–H groups in total. The van der Waals surface area contributed by atoms with Gasteiger partial charge in [-0.25, -0.2) is 9.78 Å². The molecule has 0 radical (unpaired) electrons. The fourth-order valence-electron chi connectivity index (χ4n) is 2.49. The number of carbonyl (C=O) groups excluding carboxylic acids is 1. The fraction of sp³-hybridized carbons (Fsp3) is 0.316. The topological polar surface area (TPSA) is 113 Å². The molecular formula is C19H25N5O2. The number of ether oxygens (including phenoxy) is 1. The van der Waals surface area contributed by atoms with Crippen molar-refractivity contribution in [1.29, 1.82) is 5.41 Å². The lowest BCUT2D eigenvalue weighted by molar-refractivity contribution is 0.196. The van der Waals surface area contributed by atoms with Gasteiger partial charge in [0.05, 0.1) is 6.04 Å². The summed E-state index contributed by atoms with van der Waals surface area (Å²) in [5.41, 5.74) is 8.41. The molecule has 2 amide bonds. The van der Waals surface area contributed by atoms with Gasteiger partial charge >= 0.3 is 6.03 Å². The van der Waals surface area contributed by atoms with Crippen LogP contribution in [0.4, 0.5) is 16.3 Å². The molecule has 0 spiro atoms. The van der Waals surface area contributed by atoms with Gasteiger partial charge < -0.3 is 21.2 Å². The van der Waals surface area contributed by atoms with Crippen LogP contribution in [0, 0.1) is 5.41 Å². The first kappa shape index (κ1) is 19.4. The number of nitrogen functional groups attached to an aromatic ring is 1. The molecule has 1 aromatic heterocycles. The van der Waals surface area contributed by atoms with Crippen LogP contribution in [0.2, 0.25) is 0 Å². The van der Waals surface area contributed by atoms with Gasteiger partial charge in [0.25, 0.3) is 0 Å². The molecule has 0 aliphatic carbocycles. The van der Waals surface area contributed by atoms with E-state index in [0.717, 1.165) is 12.0 Å². The van der Waals surface area contributed by atoms with Crippen LogP contribution in [0.15, 0.2) is 42.6 Å². The largest absolute Gasteiger partial charge is 0.398 e. The van der Waals surface area contributed by atoms with Crippen molar-refractivity contribution in [2.75, 3.05) is 24.8 Å². The van der Waals surface area contributed by atoms with Gasteiger partial charge in [0, 0.05) is 42.9 Å². The van der Waals surface area contributed by atoms with Crippen LogP contribution in [0.3, 0.4) is 0 Å². The summed E-state index contributed by atoms with van der Waals surface area (Å²) in [6.45, 7) is 2.50. The summed E-state index contributed by atoms with van der Waals surface area (Å²) in [5.74, 6) is 0.341. The predicted octanol–water partition coefficient (Wildman–Crippen LogP) is 3.34. The third-order valence-electron chi connectivity index (χ3n) is 3.93. The average molecular weight is 355 g/mol. The monoisotopic (exact) mass is 355 g/mol. The highest BCUT2D eigenvalue weighted by molar-refractivity contribution is 6.03. The Bertz CT molecular complexity index is 749. The summed E-state index contributed by atoms with van der Waals surface area (Å²) >= 11 is 0. The fourth-order valence-corrected chi connectivity index (χ4v) is 2.49. The minimum atomic E-state index is -0.365. The van der Waals surface area contributed by atoms with Gasteiger partial charge in [-0.2, -0.15) is 0 Å². The van der Waals surface area contributed by atoms with Crippen LogP contribution in [0.5, 0.6) is 0 Å². The van der Waals surface area contributed by atoms with Gasteiger partial charge in [-0.15, -0.1) is 0 Å². The maximum atomic E-state index is 12.1. The van der Waals surface area contributed by atoms with Crippen molar-refractivity contribution in [2.24, 2.45) is 0 Å². The molecule has 0 unspecified atom stereocenters. The molecule has 0 aliphatic rings. The first-order valence-corrected chi connectivity index (χ1v) is 8.46. The molecule has 0 bridgehead atoms. The second-order valence-electron chi connectivity index (χ2n) is 5.96. The number of hydrogen-bond acceptors (Lipinski definition) is 5. The minimum Gasteiger partial charge on any atom is -0.398 e. The molecule has 7 heteroatoms. The Labute approximate surface area is 153 Å². The summed E-state index contributed by atoms with van der Waals surface area (Å²) < 4.78 is 4.99. The van der Waals surface area contributed by atoms with Crippen molar-refractivity contribution >= 4 is 23.2 Å². The van der Waals surface area contributed by atoms with Gasteiger partial charge in [0.2, 0.25) is 0 Å². The van der Waals surface area contributed by atoms with Gasteiger partial charge in [0.15, 0.2) is 0 Å². The number of rotatable bonds is 8. The van der Waals surface area contributed by atoms with E-state index in [1.807, 2.05) is 37.3 Å². The molecule has 0 saturated carbocycles. The predicted molar refractivity (Wildman–Crippen MR) is 104 cm³/mol. The van der Waals surface area contributed by atoms with E-state index >= 15 is 0 Å². The maximum absolute atomic E-state index is 12.1. The van der Waals surface area contributed by atoms with Crippen molar-refractivity contribution < 1.29 is 9.53 Å². The smallest absolute Gasteiger partial charge is 0.320 e. The quantitative estimate of drug-likeness (QED) is 0.429. The highest BCUT2D eigenvalue weighted by Gasteiger charge is 2.12. The molecule has 1 atom stereocenters.